The minimum Gasteiger partial charge on any atom is -0.381 e. The number of rotatable bonds is 3. The van der Waals surface area contributed by atoms with Crippen LogP contribution < -0.4 is 5.32 Å². The molecule has 25 heavy (non-hydrogen) atoms. The summed E-state index contributed by atoms with van der Waals surface area (Å²) in [4.78, 5) is 33.3. The van der Waals surface area contributed by atoms with E-state index in [0.29, 0.717) is 31.2 Å². The van der Waals surface area contributed by atoms with Crippen LogP contribution >= 0.6 is 0 Å². The number of carbonyl (C=O) groups is 2. The third-order valence-corrected chi connectivity index (χ3v) is 5.07. The molecule has 0 spiro atoms. The molecule has 1 N–H and O–H groups in total. The smallest absolute Gasteiger partial charge is 0.255 e. The van der Waals surface area contributed by atoms with Gasteiger partial charge in [-0.1, -0.05) is 0 Å². The van der Waals surface area contributed by atoms with E-state index in [2.05, 4.69) is 15.2 Å². The molecule has 136 valence electrons. The van der Waals surface area contributed by atoms with Crippen LogP contribution in [0.15, 0.2) is 24.5 Å². The Morgan fingerprint density at radius 2 is 2.04 bits per heavy atom. The molecule has 0 aliphatic carbocycles. The fourth-order valence-electron chi connectivity index (χ4n) is 3.65. The van der Waals surface area contributed by atoms with Crippen molar-refractivity contribution in [2.24, 2.45) is 5.92 Å². The van der Waals surface area contributed by atoms with Crippen LogP contribution in [0.1, 0.15) is 23.2 Å². The zero-order valence-electron chi connectivity index (χ0n) is 14.7. The SMILES string of the molecule is CNC(=O)[C@H]1CN(C(=O)c2cccnc2)CCN(C2CCOCC2)C1. The third kappa shape index (κ3) is 4.35. The quantitative estimate of drug-likeness (QED) is 0.856. The Balaban J connectivity index is 1.75. The lowest BCUT2D eigenvalue weighted by atomic mass is 10.0. The highest BCUT2D eigenvalue weighted by molar-refractivity contribution is 5.94. The highest BCUT2D eigenvalue weighted by Crippen LogP contribution is 2.20. The fourth-order valence-corrected chi connectivity index (χ4v) is 3.65. The summed E-state index contributed by atoms with van der Waals surface area (Å²) in [5.74, 6) is -0.297. The Kier molecular flexibility index (Phi) is 5.99. The molecule has 0 aromatic carbocycles. The molecule has 2 aliphatic rings. The van der Waals surface area contributed by atoms with E-state index >= 15 is 0 Å². The van der Waals surface area contributed by atoms with E-state index in [-0.39, 0.29) is 17.7 Å². The summed E-state index contributed by atoms with van der Waals surface area (Å²) in [5.41, 5.74) is 0.567. The van der Waals surface area contributed by atoms with Crippen molar-refractivity contribution in [1.29, 1.82) is 0 Å². The summed E-state index contributed by atoms with van der Waals surface area (Å²) in [6, 6.07) is 3.95. The lowest BCUT2D eigenvalue weighted by Gasteiger charge is -2.34. The maximum atomic E-state index is 12.8. The second-order valence-electron chi connectivity index (χ2n) is 6.64. The van der Waals surface area contributed by atoms with Gasteiger partial charge >= 0.3 is 0 Å². The van der Waals surface area contributed by atoms with E-state index in [0.717, 1.165) is 32.6 Å². The molecule has 0 saturated carbocycles. The van der Waals surface area contributed by atoms with Crippen LogP contribution in [0.2, 0.25) is 0 Å². The largest absolute Gasteiger partial charge is 0.381 e. The number of aromatic nitrogens is 1. The van der Waals surface area contributed by atoms with Gasteiger partial charge in [0.1, 0.15) is 0 Å². The highest BCUT2D eigenvalue weighted by atomic mass is 16.5. The van der Waals surface area contributed by atoms with Crippen LogP contribution in [-0.2, 0) is 9.53 Å². The number of nitrogens with one attached hydrogen (secondary N) is 1. The number of carbonyl (C=O) groups excluding carboxylic acids is 2. The molecule has 0 radical (unpaired) electrons. The molecule has 2 aliphatic heterocycles. The Morgan fingerprint density at radius 1 is 1.24 bits per heavy atom. The normalized spacial score (nSPS) is 23.1. The Hall–Kier alpha value is -1.99. The first-order valence-corrected chi connectivity index (χ1v) is 8.91. The number of ether oxygens (including phenoxy) is 1. The number of pyridine rings is 1. The molecule has 1 aromatic heterocycles. The van der Waals surface area contributed by atoms with E-state index in [1.54, 1.807) is 36.5 Å². The van der Waals surface area contributed by atoms with Crippen LogP contribution in [0.5, 0.6) is 0 Å². The summed E-state index contributed by atoms with van der Waals surface area (Å²) in [7, 11) is 1.65. The van der Waals surface area contributed by atoms with Crippen molar-refractivity contribution in [2.45, 2.75) is 18.9 Å². The average Bonchev–Trinajstić information content (AvgIpc) is 2.91. The second kappa shape index (κ2) is 8.40. The molecule has 2 fully saturated rings. The van der Waals surface area contributed by atoms with Gasteiger partial charge in [0.25, 0.3) is 5.91 Å². The molecule has 2 amide bonds. The predicted molar refractivity (Wildman–Crippen MR) is 93.1 cm³/mol. The van der Waals surface area contributed by atoms with E-state index in [4.69, 9.17) is 4.74 Å². The van der Waals surface area contributed by atoms with Crippen molar-refractivity contribution in [1.82, 2.24) is 20.1 Å². The minimum atomic E-state index is -0.226. The van der Waals surface area contributed by atoms with Gasteiger partial charge in [-0.2, -0.15) is 0 Å². The molecule has 3 heterocycles. The number of nitrogens with zero attached hydrogens (tertiary/aromatic N) is 3. The van der Waals surface area contributed by atoms with Crippen LogP contribution in [0, 0.1) is 5.92 Å². The summed E-state index contributed by atoms with van der Waals surface area (Å²) < 4.78 is 5.46. The lowest BCUT2D eigenvalue weighted by Crippen LogP contribution is -2.45. The van der Waals surface area contributed by atoms with Gasteiger partial charge in [0.05, 0.1) is 11.5 Å². The molecule has 3 rings (SSSR count). The third-order valence-electron chi connectivity index (χ3n) is 5.07. The zero-order chi connectivity index (χ0) is 17.6. The Bertz CT molecular complexity index is 589. The van der Waals surface area contributed by atoms with Crippen molar-refractivity contribution < 1.29 is 14.3 Å². The van der Waals surface area contributed by atoms with Gasteiger partial charge in [-0.3, -0.25) is 19.5 Å². The van der Waals surface area contributed by atoms with Crippen LogP contribution in [0.25, 0.3) is 0 Å². The molecular weight excluding hydrogens is 320 g/mol. The molecule has 0 unspecified atom stereocenters. The average molecular weight is 346 g/mol. The van der Waals surface area contributed by atoms with Crippen molar-refractivity contribution >= 4 is 11.8 Å². The molecule has 7 nitrogen and oxygen atoms in total. The van der Waals surface area contributed by atoms with Crippen LogP contribution in [0.3, 0.4) is 0 Å². The Labute approximate surface area is 148 Å². The molecule has 2 saturated heterocycles. The molecule has 0 bridgehead atoms. The number of hydrogen-bond donors (Lipinski definition) is 1. The van der Waals surface area contributed by atoms with Gasteiger partial charge in [-0.15, -0.1) is 0 Å². The number of amides is 2. The predicted octanol–water partition coefficient (Wildman–Crippen LogP) is 0.381. The summed E-state index contributed by atoms with van der Waals surface area (Å²) in [6.45, 7) is 4.06. The van der Waals surface area contributed by atoms with E-state index in [1.165, 1.54) is 0 Å². The molecule has 1 aromatic rings. The molecule has 1 atom stereocenters. The second-order valence-corrected chi connectivity index (χ2v) is 6.64. The summed E-state index contributed by atoms with van der Waals surface area (Å²) in [5, 5.41) is 2.74. The summed E-state index contributed by atoms with van der Waals surface area (Å²) >= 11 is 0. The van der Waals surface area contributed by atoms with Gasteiger partial charge in [0, 0.05) is 64.9 Å². The Morgan fingerprint density at radius 3 is 2.72 bits per heavy atom. The molecule has 7 heteroatoms. The van der Waals surface area contributed by atoms with E-state index in [9.17, 15) is 9.59 Å². The minimum absolute atomic E-state index is 0.0112. The highest BCUT2D eigenvalue weighted by Gasteiger charge is 2.33. The first-order valence-electron chi connectivity index (χ1n) is 8.91. The topological polar surface area (TPSA) is 74.8 Å². The number of hydrogen-bond acceptors (Lipinski definition) is 5. The van der Waals surface area contributed by atoms with E-state index in [1.807, 2.05) is 0 Å². The monoisotopic (exact) mass is 346 g/mol. The van der Waals surface area contributed by atoms with Crippen molar-refractivity contribution in [3.8, 4) is 0 Å². The lowest BCUT2D eigenvalue weighted by molar-refractivity contribution is -0.125. The van der Waals surface area contributed by atoms with Gasteiger partial charge in [-0.25, -0.2) is 0 Å². The first kappa shape index (κ1) is 17.8. The first-order chi connectivity index (χ1) is 12.2. The van der Waals surface area contributed by atoms with Crippen molar-refractivity contribution in [3.05, 3.63) is 30.1 Å². The maximum Gasteiger partial charge on any atom is 0.255 e. The van der Waals surface area contributed by atoms with Crippen molar-refractivity contribution in [3.63, 3.8) is 0 Å². The zero-order valence-corrected chi connectivity index (χ0v) is 14.7. The standard InChI is InChI=1S/C18H26N4O3/c1-19-17(23)15-12-21(16-4-9-25-10-5-16)7-8-22(13-15)18(24)14-3-2-6-20-11-14/h2-3,6,11,15-16H,4-5,7-10,12-13H2,1H3,(H,19,23)/t15-/m1/s1. The van der Waals surface area contributed by atoms with Crippen LogP contribution in [-0.4, -0.2) is 79.1 Å². The van der Waals surface area contributed by atoms with Gasteiger partial charge in [-0.05, 0) is 25.0 Å². The fraction of sp³-hybridized carbons (Fsp3) is 0.611. The van der Waals surface area contributed by atoms with Gasteiger partial charge in [0.2, 0.25) is 5.91 Å². The van der Waals surface area contributed by atoms with Gasteiger partial charge < -0.3 is 15.0 Å². The van der Waals surface area contributed by atoms with Gasteiger partial charge in [0.15, 0.2) is 0 Å². The summed E-state index contributed by atoms with van der Waals surface area (Å²) in [6.07, 6.45) is 5.20. The molecular formula is C18H26N4O3. The maximum absolute atomic E-state index is 12.8. The van der Waals surface area contributed by atoms with E-state index < -0.39 is 0 Å². The van der Waals surface area contributed by atoms with Crippen molar-refractivity contribution in [2.75, 3.05) is 46.4 Å². The van der Waals surface area contributed by atoms with Crippen LogP contribution in [0.4, 0.5) is 0 Å².